The lowest BCUT2D eigenvalue weighted by atomic mass is 9.93. The molecule has 3 nitrogen and oxygen atoms in total. The Bertz CT molecular complexity index is 970. The Kier molecular flexibility index (Phi) is 3.92. The third-order valence-electron chi connectivity index (χ3n) is 4.52. The molecule has 0 saturated carbocycles. The van der Waals surface area contributed by atoms with Gasteiger partial charge in [0.15, 0.2) is 0 Å². The first-order valence-electron chi connectivity index (χ1n) is 8.19. The first-order valence-corrected chi connectivity index (χ1v) is 8.56. The maximum Gasteiger partial charge on any atom is 0.125 e. The summed E-state index contributed by atoms with van der Waals surface area (Å²) in [5.41, 5.74) is 6.00. The summed E-state index contributed by atoms with van der Waals surface area (Å²) in [6, 6.07) is 8.89. The lowest BCUT2D eigenvalue weighted by Gasteiger charge is -2.23. The van der Waals surface area contributed by atoms with Gasteiger partial charge in [0.25, 0.3) is 0 Å². The zero-order chi connectivity index (χ0) is 17.6. The number of benzene rings is 1. The second-order valence-corrected chi connectivity index (χ2v) is 6.89. The van der Waals surface area contributed by atoms with E-state index < -0.39 is 0 Å². The monoisotopic (exact) mass is 353 g/mol. The van der Waals surface area contributed by atoms with E-state index in [1.54, 1.807) is 6.20 Å². The van der Waals surface area contributed by atoms with E-state index in [9.17, 15) is 4.39 Å². The highest BCUT2D eigenvalue weighted by molar-refractivity contribution is 6.30. The van der Waals surface area contributed by atoms with Crippen molar-refractivity contribution in [1.82, 2.24) is 14.8 Å². The predicted octanol–water partition coefficient (Wildman–Crippen LogP) is 5.55. The van der Waals surface area contributed by atoms with Crippen molar-refractivity contribution in [3.8, 4) is 11.1 Å². The van der Waals surface area contributed by atoms with Crippen LogP contribution < -0.4 is 0 Å². The molecule has 0 bridgehead atoms. The first kappa shape index (κ1) is 16.0. The minimum Gasteiger partial charge on any atom is -0.262 e. The molecule has 1 aromatic carbocycles. The van der Waals surface area contributed by atoms with Gasteiger partial charge in [0.1, 0.15) is 5.82 Å². The van der Waals surface area contributed by atoms with Gasteiger partial charge in [-0.15, -0.1) is 0 Å². The molecule has 1 atom stereocenters. The van der Waals surface area contributed by atoms with E-state index in [2.05, 4.69) is 23.1 Å². The van der Waals surface area contributed by atoms with Crippen LogP contribution in [0.3, 0.4) is 0 Å². The summed E-state index contributed by atoms with van der Waals surface area (Å²) in [7, 11) is 0. The molecule has 2 aromatic heterocycles. The van der Waals surface area contributed by atoms with Crippen molar-refractivity contribution < 1.29 is 4.39 Å². The van der Waals surface area contributed by atoms with Gasteiger partial charge in [-0.05, 0) is 73.4 Å². The molecule has 1 aliphatic heterocycles. The highest BCUT2D eigenvalue weighted by Crippen LogP contribution is 2.38. The number of pyridine rings is 1. The van der Waals surface area contributed by atoms with E-state index in [0.717, 1.165) is 40.1 Å². The second kappa shape index (κ2) is 6.12. The number of aromatic nitrogens is 3. The maximum atomic E-state index is 13.8. The van der Waals surface area contributed by atoms with E-state index in [0.29, 0.717) is 5.02 Å². The van der Waals surface area contributed by atoms with Crippen molar-refractivity contribution in [2.75, 3.05) is 0 Å². The lowest BCUT2D eigenvalue weighted by Crippen LogP contribution is -2.13. The zero-order valence-corrected chi connectivity index (χ0v) is 14.8. The van der Waals surface area contributed by atoms with Crippen LogP contribution >= 0.6 is 11.6 Å². The number of halogens is 2. The van der Waals surface area contributed by atoms with E-state index >= 15 is 0 Å². The fourth-order valence-corrected chi connectivity index (χ4v) is 3.59. The smallest absolute Gasteiger partial charge is 0.125 e. The molecule has 0 radical (unpaired) electrons. The van der Waals surface area contributed by atoms with Crippen LogP contribution in [0.15, 0.2) is 42.7 Å². The Balaban J connectivity index is 1.86. The summed E-state index contributed by atoms with van der Waals surface area (Å²) in [6.07, 6.45) is 6.56. The lowest BCUT2D eigenvalue weighted by molar-refractivity contribution is 0.492. The van der Waals surface area contributed by atoms with E-state index in [1.807, 2.05) is 36.0 Å². The van der Waals surface area contributed by atoms with Gasteiger partial charge >= 0.3 is 0 Å². The molecular formula is C20H17ClFN3. The molecule has 3 heterocycles. The highest BCUT2D eigenvalue weighted by Gasteiger charge is 2.22. The van der Waals surface area contributed by atoms with Gasteiger partial charge in [0.2, 0.25) is 0 Å². The Hall–Kier alpha value is -2.46. The van der Waals surface area contributed by atoms with Crippen LogP contribution in [-0.4, -0.2) is 14.8 Å². The van der Waals surface area contributed by atoms with Crippen LogP contribution in [0.5, 0.6) is 0 Å². The molecule has 0 fully saturated rings. The third kappa shape index (κ3) is 2.98. The van der Waals surface area contributed by atoms with Gasteiger partial charge in [-0.1, -0.05) is 11.6 Å². The van der Waals surface area contributed by atoms with Gasteiger partial charge in [-0.2, -0.15) is 5.10 Å². The van der Waals surface area contributed by atoms with Crippen LogP contribution in [0, 0.1) is 12.7 Å². The molecule has 0 aliphatic carbocycles. The van der Waals surface area contributed by atoms with Crippen LogP contribution in [0.4, 0.5) is 4.39 Å². The zero-order valence-electron chi connectivity index (χ0n) is 14.0. The quantitative estimate of drug-likeness (QED) is 0.604. The van der Waals surface area contributed by atoms with Gasteiger partial charge in [0, 0.05) is 22.5 Å². The van der Waals surface area contributed by atoms with Crippen LogP contribution in [0.1, 0.15) is 36.3 Å². The summed E-state index contributed by atoms with van der Waals surface area (Å²) in [4.78, 5) is 4.26. The Labute approximate surface area is 150 Å². The number of nitrogens with zero attached hydrogens (tertiary/aromatic N) is 3. The van der Waals surface area contributed by atoms with Crippen molar-refractivity contribution >= 4 is 23.3 Å². The summed E-state index contributed by atoms with van der Waals surface area (Å²) < 4.78 is 15.8. The average molecular weight is 354 g/mol. The number of allylic oxidation sites excluding steroid dienone is 1. The molecule has 126 valence electrons. The molecule has 1 aliphatic rings. The van der Waals surface area contributed by atoms with Gasteiger partial charge in [-0.3, -0.25) is 9.67 Å². The Morgan fingerprint density at radius 1 is 1.20 bits per heavy atom. The molecular weight excluding hydrogens is 337 g/mol. The molecule has 0 spiro atoms. The molecule has 3 aromatic rings. The van der Waals surface area contributed by atoms with Crippen molar-refractivity contribution in [3.63, 3.8) is 0 Å². The second-order valence-electron chi connectivity index (χ2n) is 6.45. The molecule has 0 N–H and O–H groups in total. The molecule has 4 rings (SSSR count). The SMILES string of the molecule is Cc1cc(-c2cnn3c2C=C(c2cc(F)cc(Cl)c2)C[C@@H]3C)ccn1. The van der Waals surface area contributed by atoms with Gasteiger partial charge in [0.05, 0.1) is 17.9 Å². The van der Waals surface area contributed by atoms with Crippen molar-refractivity contribution in [1.29, 1.82) is 0 Å². The number of fused-ring (bicyclic) bond motifs is 1. The summed E-state index contributed by atoms with van der Waals surface area (Å²) in [5, 5.41) is 4.97. The van der Waals surface area contributed by atoms with Crippen LogP contribution in [0.25, 0.3) is 22.8 Å². The topological polar surface area (TPSA) is 30.7 Å². The van der Waals surface area contributed by atoms with Crippen LogP contribution in [-0.2, 0) is 0 Å². The Morgan fingerprint density at radius 3 is 2.80 bits per heavy atom. The van der Waals surface area contributed by atoms with E-state index in [1.165, 1.54) is 12.1 Å². The first-order chi connectivity index (χ1) is 12.0. The maximum absolute atomic E-state index is 13.8. The molecule has 0 saturated heterocycles. The number of hydrogen-bond donors (Lipinski definition) is 0. The molecule has 25 heavy (non-hydrogen) atoms. The highest BCUT2D eigenvalue weighted by atomic mass is 35.5. The average Bonchev–Trinajstić information content (AvgIpc) is 2.98. The third-order valence-corrected chi connectivity index (χ3v) is 4.74. The normalized spacial score (nSPS) is 16.5. The van der Waals surface area contributed by atoms with Gasteiger partial charge in [-0.25, -0.2) is 4.39 Å². The largest absolute Gasteiger partial charge is 0.262 e. The standard InChI is InChI=1S/C20H17ClFN3/c1-12-5-14(3-4-23-12)19-11-24-25-13(2)6-15(9-20(19)25)16-7-17(21)10-18(22)8-16/h3-5,7-11,13H,6H2,1-2H3/t13-/m0/s1. The van der Waals surface area contributed by atoms with E-state index in [4.69, 9.17) is 11.6 Å². The minimum atomic E-state index is -0.319. The van der Waals surface area contributed by atoms with Crippen molar-refractivity contribution in [2.45, 2.75) is 26.3 Å². The number of hydrogen-bond acceptors (Lipinski definition) is 2. The summed E-state index contributed by atoms with van der Waals surface area (Å²) in [6.45, 7) is 4.09. The number of rotatable bonds is 2. The fraction of sp³-hybridized carbons (Fsp3) is 0.200. The van der Waals surface area contributed by atoms with E-state index in [-0.39, 0.29) is 11.9 Å². The van der Waals surface area contributed by atoms with Crippen molar-refractivity contribution in [3.05, 3.63) is 70.5 Å². The summed E-state index contributed by atoms with van der Waals surface area (Å²) >= 11 is 6.04. The van der Waals surface area contributed by atoms with Crippen molar-refractivity contribution in [2.24, 2.45) is 0 Å². The fourth-order valence-electron chi connectivity index (χ4n) is 3.37. The Morgan fingerprint density at radius 2 is 2.04 bits per heavy atom. The number of aryl methyl sites for hydroxylation is 1. The van der Waals surface area contributed by atoms with Gasteiger partial charge < -0.3 is 0 Å². The molecule has 5 heteroatoms. The molecule has 0 unspecified atom stereocenters. The van der Waals surface area contributed by atoms with Crippen LogP contribution in [0.2, 0.25) is 5.02 Å². The minimum absolute atomic E-state index is 0.189. The molecule has 0 amide bonds. The summed E-state index contributed by atoms with van der Waals surface area (Å²) in [5.74, 6) is -0.319. The predicted molar refractivity (Wildman–Crippen MR) is 98.8 cm³/mol.